The monoisotopic (exact) mass is 308 g/mol. The van der Waals surface area contributed by atoms with Gasteiger partial charge in [-0.3, -0.25) is 9.89 Å². The first-order chi connectivity index (χ1) is 11.2. The number of hydrogen-bond acceptors (Lipinski definition) is 2. The minimum atomic E-state index is 0.131. The number of nitrogens with one attached hydrogen (secondary N) is 1. The molecule has 1 aliphatic rings. The third-order valence-electron chi connectivity index (χ3n) is 4.80. The number of likely N-dealkylation sites (tertiary alicyclic amines) is 1. The number of rotatable bonds is 2. The van der Waals surface area contributed by atoms with E-state index in [0.29, 0.717) is 5.92 Å². The lowest BCUT2D eigenvalue weighted by Gasteiger charge is -2.32. The number of aromatic amines is 1. The maximum Gasteiger partial charge on any atom is 0.256 e. The van der Waals surface area contributed by atoms with Gasteiger partial charge >= 0.3 is 0 Å². The molecule has 0 spiro atoms. The fourth-order valence-corrected chi connectivity index (χ4v) is 3.59. The van der Waals surface area contributed by atoms with Crippen LogP contribution in [0.3, 0.4) is 0 Å². The van der Waals surface area contributed by atoms with Gasteiger partial charge in [0.25, 0.3) is 5.91 Å². The van der Waals surface area contributed by atoms with E-state index in [9.17, 15) is 4.79 Å². The summed E-state index contributed by atoms with van der Waals surface area (Å²) in [5.41, 5.74) is 3.02. The summed E-state index contributed by atoms with van der Waals surface area (Å²) in [4.78, 5) is 15.0. The van der Waals surface area contributed by atoms with E-state index in [1.807, 2.05) is 47.0 Å². The highest BCUT2D eigenvalue weighted by Crippen LogP contribution is 2.28. The molecule has 0 unspecified atom stereocenters. The zero-order valence-corrected chi connectivity index (χ0v) is 13.2. The number of para-hydroxylation sites is 1. The van der Waals surface area contributed by atoms with Gasteiger partial charge in [0.2, 0.25) is 0 Å². The lowest BCUT2D eigenvalue weighted by molar-refractivity contribution is 0.0707. The summed E-state index contributed by atoms with van der Waals surface area (Å²) in [7, 11) is 1.99. The van der Waals surface area contributed by atoms with Gasteiger partial charge in [-0.05, 0) is 25.0 Å². The molecule has 1 atom stereocenters. The molecule has 0 saturated carbocycles. The molecule has 1 aliphatic heterocycles. The summed E-state index contributed by atoms with van der Waals surface area (Å²) in [5.74, 6) is 0.483. The van der Waals surface area contributed by atoms with Crippen LogP contribution in [0.4, 0.5) is 0 Å². The van der Waals surface area contributed by atoms with Gasteiger partial charge in [0.1, 0.15) is 0 Å². The first kappa shape index (κ1) is 14.1. The minimum Gasteiger partial charge on any atom is -0.350 e. The Morgan fingerprint density at radius 2 is 2.17 bits per heavy atom. The summed E-state index contributed by atoms with van der Waals surface area (Å²) >= 11 is 0. The Hall–Kier alpha value is -2.56. The predicted molar refractivity (Wildman–Crippen MR) is 89.4 cm³/mol. The van der Waals surface area contributed by atoms with Crippen molar-refractivity contribution in [3.63, 3.8) is 0 Å². The Morgan fingerprint density at radius 1 is 1.30 bits per heavy atom. The number of aromatic nitrogens is 3. The molecule has 0 radical (unpaired) electrons. The van der Waals surface area contributed by atoms with Gasteiger partial charge in [0.15, 0.2) is 0 Å². The summed E-state index contributed by atoms with van der Waals surface area (Å²) < 4.78 is 2.03. The van der Waals surface area contributed by atoms with Crippen LogP contribution in [-0.4, -0.2) is 38.7 Å². The highest BCUT2D eigenvalue weighted by atomic mass is 16.2. The molecule has 4 rings (SSSR count). The lowest BCUT2D eigenvalue weighted by Crippen LogP contribution is -2.39. The van der Waals surface area contributed by atoms with Crippen molar-refractivity contribution in [3.05, 3.63) is 54.0 Å². The van der Waals surface area contributed by atoms with Crippen molar-refractivity contribution in [3.8, 4) is 0 Å². The number of piperidine rings is 1. The fraction of sp³-hybridized carbons (Fsp3) is 0.333. The normalized spacial score (nSPS) is 18.5. The quantitative estimate of drug-likeness (QED) is 0.791. The van der Waals surface area contributed by atoms with E-state index in [-0.39, 0.29) is 5.91 Å². The fourth-order valence-electron chi connectivity index (χ4n) is 3.59. The standard InChI is InChI=1S/C18H20N4O/c1-21-12-15(14-6-2-3-7-17(14)21)18(23)22-10-4-5-13(11-22)16-8-9-19-20-16/h2-3,6-9,12-13H,4-5,10-11H2,1H3,(H,19,20)/t13-/m1/s1. The van der Waals surface area contributed by atoms with Crippen molar-refractivity contribution in [2.75, 3.05) is 13.1 Å². The van der Waals surface area contributed by atoms with Crippen molar-refractivity contribution < 1.29 is 4.79 Å². The average Bonchev–Trinajstić information content (AvgIpc) is 3.23. The molecular formula is C18H20N4O. The van der Waals surface area contributed by atoms with Crippen molar-refractivity contribution in [1.29, 1.82) is 0 Å². The molecule has 0 aliphatic carbocycles. The molecule has 1 amide bonds. The SMILES string of the molecule is Cn1cc(C(=O)N2CCC[C@@H](c3ccn[nH]3)C2)c2ccccc21. The smallest absolute Gasteiger partial charge is 0.256 e. The Labute approximate surface area is 134 Å². The zero-order valence-electron chi connectivity index (χ0n) is 13.2. The van der Waals surface area contributed by atoms with E-state index in [4.69, 9.17) is 0 Å². The van der Waals surface area contributed by atoms with Crippen LogP contribution in [0.5, 0.6) is 0 Å². The van der Waals surface area contributed by atoms with Crippen LogP contribution in [0.1, 0.15) is 34.8 Å². The lowest BCUT2D eigenvalue weighted by atomic mass is 9.94. The largest absolute Gasteiger partial charge is 0.350 e. The molecule has 0 bridgehead atoms. The Balaban J connectivity index is 1.63. The van der Waals surface area contributed by atoms with Crippen molar-refractivity contribution in [1.82, 2.24) is 19.7 Å². The summed E-state index contributed by atoms with van der Waals surface area (Å²) in [6, 6.07) is 10.1. The number of fused-ring (bicyclic) bond motifs is 1. The van der Waals surface area contributed by atoms with Gasteiger partial charge in [-0.2, -0.15) is 5.10 Å². The van der Waals surface area contributed by atoms with Crippen molar-refractivity contribution >= 4 is 16.8 Å². The Kier molecular flexibility index (Phi) is 3.41. The number of aryl methyl sites for hydroxylation is 1. The number of benzene rings is 1. The maximum atomic E-state index is 13.0. The molecule has 1 N–H and O–H groups in total. The second kappa shape index (κ2) is 5.57. The summed E-state index contributed by atoms with van der Waals surface area (Å²) in [5, 5.41) is 8.12. The van der Waals surface area contributed by atoms with Crippen LogP contribution in [-0.2, 0) is 7.05 Å². The molecule has 1 fully saturated rings. The number of nitrogens with zero attached hydrogens (tertiary/aromatic N) is 3. The molecule has 3 heterocycles. The van der Waals surface area contributed by atoms with Crippen LogP contribution < -0.4 is 0 Å². The van der Waals surface area contributed by atoms with Crippen LogP contribution >= 0.6 is 0 Å². The van der Waals surface area contributed by atoms with E-state index < -0.39 is 0 Å². The highest BCUT2D eigenvalue weighted by Gasteiger charge is 2.27. The topological polar surface area (TPSA) is 53.9 Å². The van der Waals surface area contributed by atoms with Gasteiger partial charge in [0, 0.05) is 55.0 Å². The van der Waals surface area contributed by atoms with Gasteiger partial charge in [0.05, 0.1) is 5.56 Å². The zero-order chi connectivity index (χ0) is 15.8. The second-order valence-corrected chi connectivity index (χ2v) is 6.27. The van der Waals surface area contributed by atoms with E-state index in [2.05, 4.69) is 16.3 Å². The van der Waals surface area contributed by atoms with Crippen molar-refractivity contribution in [2.24, 2.45) is 7.05 Å². The van der Waals surface area contributed by atoms with Crippen molar-refractivity contribution in [2.45, 2.75) is 18.8 Å². The van der Waals surface area contributed by atoms with Crippen LogP contribution in [0.2, 0.25) is 0 Å². The molecule has 118 valence electrons. The Morgan fingerprint density at radius 3 is 3.00 bits per heavy atom. The molecule has 5 nitrogen and oxygen atoms in total. The third kappa shape index (κ3) is 2.42. The van der Waals surface area contributed by atoms with Crippen LogP contribution in [0.25, 0.3) is 10.9 Å². The van der Waals surface area contributed by atoms with Gasteiger partial charge in [-0.1, -0.05) is 18.2 Å². The summed E-state index contributed by atoms with van der Waals surface area (Å²) in [6.07, 6.45) is 5.86. The first-order valence-corrected chi connectivity index (χ1v) is 8.06. The first-order valence-electron chi connectivity index (χ1n) is 8.06. The Bertz CT molecular complexity index is 834. The third-order valence-corrected chi connectivity index (χ3v) is 4.80. The average molecular weight is 308 g/mol. The number of amides is 1. The second-order valence-electron chi connectivity index (χ2n) is 6.27. The molecule has 1 saturated heterocycles. The number of carbonyl (C=O) groups is 1. The molecule has 23 heavy (non-hydrogen) atoms. The molecule has 1 aromatic carbocycles. The van der Waals surface area contributed by atoms with Gasteiger partial charge < -0.3 is 9.47 Å². The minimum absolute atomic E-state index is 0.131. The van der Waals surface area contributed by atoms with E-state index in [0.717, 1.165) is 48.1 Å². The summed E-state index contributed by atoms with van der Waals surface area (Å²) in [6.45, 7) is 1.58. The highest BCUT2D eigenvalue weighted by molar-refractivity contribution is 6.07. The molecule has 2 aromatic heterocycles. The maximum absolute atomic E-state index is 13.0. The number of carbonyl (C=O) groups excluding carboxylic acids is 1. The van der Waals surface area contributed by atoms with Gasteiger partial charge in [-0.15, -0.1) is 0 Å². The number of hydrogen-bond donors (Lipinski definition) is 1. The van der Waals surface area contributed by atoms with Gasteiger partial charge in [-0.25, -0.2) is 0 Å². The van der Waals surface area contributed by atoms with E-state index in [1.165, 1.54) is 0 Å². The molecular weight excluding hydrogens is 288 g/mol. The van der Waals surface area contributed by atoms with Crippen LogP contribution in [0.15, 0.2) is 42.7 Å². The molecule has 3 aromatic rings. The predicted octanol–water partition coefficient (Wildman–Crippen LogP) is 2.92. The number of H-pyrrole nitrogens is 1. The molecule has 5 heteroatoms. The van der Waals surface area contributed by atoms with Crippen LogP contribution in [0, 0.1) is 0 Å². The van der Waals surface area contributed by atoms with E-state index in [1.54, 1.807) is 6.20 Å². The van der Waals surface area contributed by atoms with E-state index >= 15 is 0 Å².